The predicted octanol–water partition coefficient (Wildman–Crippen LogP) is 2.07. The molecular formula is C11H13F2NO2. The van der Waals surface area contributed by atoms with Gasteiger partial charge < -0.3 is 10.0 Å². The molecule has 1 aromatic rings. The zero-order chi connectivity index (χ0) is 12.1. The Labute approximate surface area is 92.3 Å². The van der Waals surface area contributed by atoms with Crippen LogP contribution in [0.2, 0.25) is 0 Å². The molecule has 3 nitrogen and oxygen atoms in total. The van der Waals surface area contributed by atoms with E-state index in [0.717, 1.165) is 0 Å². The zero-order valence-electron chi connectivity index (χ0n) is 8.86. The molecule has 5 heteroatoms. The average molecular weight is 229 g/mol. The quantitative estimate of drug-likeness (QED) is 0.840. The maximum absolute atomic E-state index is 13.2. The van der Waals surface area contributed by atoms with Gasteiger partial charge in [-0.25, -0.2) is 8.78 Å². The molecule has 0 bridgehead atoms. The molecule has 1 aromatic carbocycles. The van der Waals surface area contributed by atoms with E-state index in [2.05, 4.69) is 0 Å². The normalized spacial score (nSPS) is 12.2. The van der Waals surface area contributed by atoms with Gasteiger partial charge in [-0.1, -0.05) is 0 Å². The fraction of sp³-hybridized carbons (Fsp3) is 0.364. The fourth-order valence-electron chi connectivity index (χ4n) is 1.35. The molecule has 0 aromatic heterocycles. The van der Waals surface area contributed by atoms with Crippen molar-refractivity contribution < 1.29 is 18.7 Å². The Morgan fingerprint density at radius 1 is 1.44 bits per heavy atom. The van der Waals surface area contributed by atoms with Gasteiger partial charge in [0.15, 0.2) is 0 Å². The van der Waals surface area contributed by atoms with Crippen LogP contribution in [0.4, 0.5) is 14.5 Å². The highest BCUT2D eigenvalue weighted by atomic mass is 19.1. The van der Waals surface area contributed by atoms with Gasteiger partial charge in [-0.15, -0.1) is 0 Å². The van der Waals surface area contributed by atoms with Crippen molar-refractivity contribution in [3.63, 3.8) is 0 Å². The summed E-state index contributed by atoms with van der Waals surface area (Å²) in [4.78, 5) is 11.8. The number of aliphatic carboxylic acids is 1. The Morgan fingerprint density at radius 2 is 2.00 bits per heavy atom. The van der Waals surface area contributed by atoms with E-state index in [4.69, 9.17) is 5.11 Å². The van der Waals surface area contributed by atoms with Crippen LogP contribution >= 0.6 is 0 Å². The van der Waals surface area contributed by atoms with Gasteiger partial charge in [0, 0.05) is 19.3 Å². The van der Waals surface area contributed by atoms with Crippen molar-refractivity contribution in [2.75, 3.05) is 18.5 Å². The van der Waals surface area contributed by atoms with Crippen molar-refractivity contribution >= 4 is 11.7 Å². The van der Waals surface area contributed by atoms with Crippen molar-refractivity contribution in [3.8, 4) is 0 Å². The summed E-state index contributed by atoms with van der Waals surface area (Å²) in [6.45, 7) is -0.0298. The molecular weight excluding hydrogens is 216 g/mol. The van der Waals surface area contributed by atoms with E-state index in [1.165, 1.54) is 24.3 Å². The van der Waals surface area contributed by atoms with Crippen LogP contribution < -0.4 is 4.90 Å². The van der Waals surface area contributed by atoms with Gasteiger partial charge in [-0.2, -0.15) is 0 Å². The molecule has 0 saturated heterocycles. The van der Waals surface area contributed by atoms with E-state index in [0.29, 0.717) is 5.69 Å². The van der Waals surface area contributed by atoms with E-state index in [1.54, 1.807) is 11.9 Å². The molecule has 0 heterocycles. The first-order valence-corrected chi connectivity index (χ1v) is 4.81. The van der Waals surface area contributed by atoms with Crippen molar-refractivity contribution in [1.82, 2.24) is 0 Å². The van der Waals surface area contributed by atoms with Crippen LogP contribution in [0.3, 0.4) is 0 Å². The second-order valence-corrected chi connectivity index (χ2v) is 3.55. The highest BCUT2D eigenvalue weighted by Crippen LogP contribution is 2.14. The second-order valence-electron chi connectivity index (χ2n) is 3.55. The van der Waals surface area contributed by atoms with Crippen molar-refractivity contribution in [1.29, 1.82) is 0 Å². The molecule has 16 heavy (non-hydrogen) atoms. The maximum Gasteiger partial charge on any atom is 0.306 e. The summed E-state index contributed by atoms with van der Waals surface area (Å²) in [6.07, 6.45) is -1.96. The van der Waals surface area contributed by atoms with Gasteiger partial charge >= 0.3 is 5.97 Å². The number of hydrogen-bond acceptors (Lipinski definition) is 2. The number of nitrogens with zero attached hydrogens (tertiary/aromatic N) is 1. The Kier molecular flexibility index (Phi) is 4.22. The minimum absolute atomic E-state index is 0.0298. The van der Waals surface area contributed by atoms with E-state index >= 15 is 0 Å². The Morgan fingerprint density at radius 3 is 2.50 bits per heavy atom. The van der Waals surface area contributed by atoms with Crippen LogP contribution in [0.5, 0.6) is 0 Å². The first-order chi connectivity index (χ1) is 7.49. The fourth-order valence-corrected chi connectivity index (χ4v) is 1.35. The van der Waals surface area contributed by atoms with Crippen LogP contribution in [-0.2, 0) is 4.79 Å². The van der Waals surface area contributed by atoms with Gasteiger partial charge in [-0.3, -0.25) is 4.79 Å². The third kappa shape index (κ3) is 3.84. The van der Waals surface area contributed by atoms with Gasteiger partial charge in [0.2, 0.25) is 0 Å². The number of carbonyl (C=O) groups is 1. The molecule has 0 saturated carbocycles. The molecule has 0 aliphatic carbocycles. The standard InChI is InChI=1S/C11H13F2NO2/c1-14(7-9(13)6-11(15)16)10-4-2-8(12)3-5-10/h2-5,9H,6-7H2,1H3,(H,15,16). The lowest BCUT2D eigenvalue weighted by Gasteiger charge is -2.20. The Balaban J connectivity index is 2.54. The lowest BCUT2D eigenvalue weighted by Crippen LogP contribution is -2.27. The third-order valence-corrected chi connectivity index (χ3v) is 2.14. The lowest BCUT2D eigenvalue weighted by molar-refractivity contribution is -0.138. The minimum atomic E-state index is -1.44. The molecule has 0 amide bonds. The zero-order valence-corrected chi connectivity index (χ0v) is 8.86. The summed E-state index contributed by atoms with van der Waals surface area (Å²) in [5.74, 6) is -1.53. The van der Waals surface area contributed by atoms with Crippen LogP contribution in [-0.4, -0.2) is 30.8 Å². The smallest absolute Gasteiger partial charge is 0.306 e. The van der Waals surface area contributed by atoms with E-state index < -0.39 is 18.6 Å². The molecule has 1 atom stereocenters. The molecule has 1 unspecified atom stereocenters. The first kappa shape index (κ1) is 12.4. The SMILES string of the molecule is CN(CC(F)CC(=O)O)c1ccc(F)cc1. The molecule has 0 aliphatic rings. The molecule has 0 spiro atoms. The number of hydrogen-bond donors (Lipinski definition) is 1. The number of anilines is 1. The third-order valence-electron chi connectivity index (χ3n) is 2.14. The van der Waals surface area contributed by atoms with Crippen LogP contribution in [0, 0.1) is 5.82 Å². The number of benzene rings is 1. The second kappa shape index (κ2) is 5.44. The van der Waals surface area contributed by atoms with Crippen LogP contribution in [0.25, 0.3) is 0 Å². The summed E-state index contributed by atoms with van der Waals surface area (Å²) < 4.78 is 25.8. The number of rotatable bonds is 5. The molecule has 0 radical (unpaired) electrons. The summed E-state index contributed by atoms with van der Waals surface area (Å²) in [7, 11) is 1.63. The largest absolute Gasteiger partial charge is 0.481 e. The molecule has 1 rings (SSSR count). The van der Waals surface area contributed by atoms with E-state index in [-0.39, 0.29) is 12.4 Å². The van der Waals surface area contributed by atoms with Crippen molar-refractivity contribution in [2.45, 2.75) is 12.6 Å². The monoisotopic (exact) mass is 229 g/mol. The maximum atomic E-state index is 13.2. The molecule has 0 fully saturated rings. The topological polar surface area (TPSA) is 40.5 Å². The van der Waals surface area contributed by atoms with Gasteiger partial charge in [0.1, 0.15) is 12.0 Å². The van der Waals surface area contributed by atoms with Crippen molar-refractivity contribution in [3.05, 3.63) is 30.1 Å². The summed E-state index contributed by atoms with van der Waals surface area (Å²) in [6, 6.07) is 5.58. The Bertz CT molecular complexity index is 354. The summed E-state index contributed by atoms with van der Waals surface area (Å²) in [5.41, 5.74) is 0.648. The summed E-state index contributed by atoms with van der Waals surface area (Å²) in [5, 5.41) is 8.40. The number of alkyl halides is 1. The Hall–Kier alpha value is -1.65. The van der Waals surface area contributed by atoms with Gasteiger partial charge in [0.25, 0.3) is 0 Å². The first-order valence-electron chi connectivity index (χ1n) is 4.81. The van der Waals surface area contributed by atoms with Gasteiger partial charge in [-0.05, 0) is 24.3 Å². The van der Waals surface area contributed by atoms with Crippen LogP contribution in [0.15, 0.2) is 24.3 Å². The number of carboxylic acid groups (broad SMARTS) is 1. The number of halogens is 2. The van der Waals surface area contributed by atoms with E-state index in [1.807, 2.05) is 0 Å². The van der Waals surface area contributed by atoms with Crippen molar-refractivity contribution in [2.24, 2.45) is 0 Å². The molecule has 88 valence electrons. The average Bonchev–Trinajstić information content (AvgIpc) is 2.16. The molecule has 0 aliphatic heterocycles. The minimum Gasteiger partial charge on any atom is -0.481 e. The lowest BCUT2D eigenvalue weighted by atomic mass is 10.2. The highest BCUT2D eigenvalue weighted by molar-refractivity contribution is 5.67. The predicted molar refractivity (Wildman–Crippen MR) is 56.8 cm³/mol. The summed E-state index contributed by atoms with van der Waals surface area (Å²) >= 11 is 0. The van der Waals surface area contributed by atoms with Gasteiger partial charge in [0.05, 0.1) is 6.42 Å². The van der Waals surface area contributed by atoms with E-state index in [9.17, 15) is 13.6 Å². The van der Waals surface area contributed by atoms with Crippen LogP contribution in [0.1, 0.15) is 6.42 Å². The highest BCUT2D eigenvalue weighted by Gasteiger charge is 2.14. The molecule has 1 N–H and O–H groups in total. The number of carboxylic acids is 1.